The highest BCUT2D eigenvalue weighted by Crippen LogP contribution is 2.17. The van der Waals surface area contributed by atoms with Gasteiger partial charge in [0, 0.05) is 36.6 Å². The van der Waals surface area contributed by atoms with E-state index in [2.05, 4.69) is 21.9 Å². The van der Waals surface area contributed by atoms with Crippen molar-refractivity contribution in [1.82, 2.24) is 9.62 Å². The van der Waals surface area contributed by atoms with Crippen LogP contribution >= 0.6 is 0 Å². The van der Waals surface area contributed by atoms with E-state index in [1.165, 1.54) is 30.3 Å². The second-order valence-corrected chi connectivity index (χ2v) is 9.29. The van der Waals surface area contributed by atoms with Gasteiger partial charge in [0.1, 0.15) is 0 Å². The van der Waals surface area contributed by atoms with Crippen LogP contribution < -0.4 is 15.4 Å². The summed E-state index contributed by atoms with van der Waals surface area (Å²) in [5, 5.41) is 5.65. The van der Waals surface area contributed by atoms with Crippen LogP contribution in [-0.4, -0.2) is 44.9 Å². The Morgan fingerprint density at radius 3 is 2.00 bits per heavy atom. The number of amides is 3. The molecule has 2 aromatic carbocycles. The number of hydrogen-bond acceptors (Lipinski definition) is 4. The van der Waals surface area contributed by atoms with Crippen LogP contribution in [0.1, 0.15) is 36.0 Å². The molecule has 1 aliphatic rings. The van der Waals surface area contributed by atoms with Crippen LogP contribution in [0, 0.1) is 0 Å². The van der Waals surface area contributed by atoms with Gasteiger partial charge in [0.15, 0.2) is 0 Å². The first-order valence-corrected chi connectivity index (χ1v) is 12.1. The molecule has 0 atom stereocenters. The zero-order valence-corrected chi connectivity index (χ0v) is 18.7. The largest absolute Gasteiger partial charge is 0.325 e. The normalized spacial score (nSPS) is 14.3. The first-order valence-electron chi connectivity index (χ1n) is 10.6. The van der Waals surface area contributed by atoms with E-state index in [9.17, 15) is 18.0 Å². The zero-order chi connectivity index (χ0) is 23.0. The second kappa shape index (κ2) is 10.9. The Balaban J connectivity index is 1.57. The minimum atomic E-state index is -3.64. The maximum absolute atomic E-state index is 12.5. The first kappa shape index (κ1) is 23.5. The Hall–Kier alpha value is -3.17. The number of carbonyl (C=O) groups excluding carboxylic acids is 2. The number of rotatable bonds is 7. The molecular weight excluding hydrogens is 428 g/mol. The minimum Gasteiger partial charge on any atom is -0.325 e. The molecule has 1 fully saturated rings. The fraction of sp³-hybridized carbons (Fsp3) is 0.304. The molecule has 0 aliphatic carbocycles. The fourth-order valence-electron chi connectivity index (χ4n) is 3.35. The van der Waals surface area contributed by atoms with Crippen molar-refractivity contribution in [1.29, 1.82) is 0 Å². The Kier molecular flexibility index (Phi) is 8.02. The van der Waals surface area contributed by atoms with Gasteiger partial charge in [0.05, 0.1) is 4.90 Å². The fourth-order valence-corrected chi connectivity index (χ4v) is 4.35. The molecule has 3 N–H and O–H groups in total. The molecule has 170 valence electrons. The van der Waals surface area contributed by atoms with Crippen molar-refractivity contribution >= 4 is 33.3 Å². The molecule has 1 heterocycles. The maximum Gasteiger partial charge on any atom is 0.321 e. The Morgan fingerprint density at radius 1 is 0.875 bits per heavy atom. The van der Waals surface area contributed by atoms with Crippen LogP contribution in [0.25, 0.3) is 0 Å². The lowest BCUT2D eigenvalue weighted by molar-refractivity contribution is 0.102. The average molecular weight is 457 g/mol. The van der Waals surface area contributed by atoms with Crippen molar-refractivity contribution in [3.63, 3.8) is 0 Å². The maximum atomic E-state index is 12.5. The minimum absolute atomic E-state index is 0.0698. The molecule has 8 nitrogen and oxygen atoms in total. The van der Waals surface area contributed by atoms with Gasteiger partial charge in [0.25, 0.3) is 5.91 Å². The highest BCUT2D eigenvalue weighted by atomic mass is 32.2. The molecule has 9 heteroatoms. The van der Waals surface area contributed by atoms with E-state index in [4.69, 9.17) is 0 Å². The number of carbonyl (C=O) groups is 2. The topological polar surface area (TPSA) is 108 Å². The van der Waals surface area contributed by atoms with E-state index in [0.29, 0.717) is 16.9 Å². The molecular formula is C23H28N4O4S. The summed E-state index contributed by atoms with van der Waals surface area (Å²) < 4.78 is 26.6. The Bertz CT molecular complexity index is 1040. The number of nitrogens with zero attached hydrogens (tertiary/aromatic N) is 1. The van der Waals surface area contributed by atoms with E-state index in [-0.39, 0.29) is 23.4 Å². The van der Waals surface area contributed by atoms with Gasteiger partial charge in [-0.1, -0.05) is 18.9 Å². The number of likely N-dealkylation sites (tertiary alicyclic amines) is 1. The van der Waals surface area contributed by atoms with Gasteiger partial charge in [-0.25, -0.2) is 17.9 Å². The van der Waals surface area contributed by atoms with Crippen molar-refractivity contribution in [3.8, 4) is 0 Å². The van der Waals surface area contributed by atoms with Gasteiger partial charge in [0.2, 0.25) is 10.0 Å². The predicted octanol–water partition coefficient (Wildman–Crippen LogP) is 3.81. The van der Waals surface area contributed by atoms with Crippen molar-refractivity contribution in [2.75, 3.05) is 30.3 Å². The van der Waals surface area contributed by atoms with Gasteiger partial charge < -0.3 is 15.5 Å². The highest BCUT2D eigenvalue weighted by Gasteiger charge is 2.16. The van der Waals surface area contributed by atoms with Gasteiger partial charge in [-0.3, -0.25) is 4.79 Å². The van der Waals surface area contributed by atoms with Gasteiger partial charge in [-0.05, 0) is 61.4 Å². The van der Waals surface area contributed by atoms with E-state index in [0.717, 1.165) is 38.8 Å². The van der Waals surface area contributed by atoms with E-state index in [1.54, 1.807) is 24.3 Å². The molecule has 3 amide bonds. The lowest BCUT2D eigenvalue weighted by Gasteiger charge is -2.20. The number of nitrogens with one attached hydrogen (secondary N) is 3. The smallest absolute Gasteiger partial charge is 0.321 e. The lowest BCUT2D eigenvalue weighted by atomic mass is 10.2. The Labute approximate surface area is 188 Å². The molecule has 3 rings (SSSR count). The van der Waals surface area contributed by atoms with Crippen LogP contribution in [0.3, 0.4) is 0 Å². The molecule has 0 bridgehead atoms. The van der Waals surface area contributed by atoms with Crippen LogP contribution in [0.2, 0.25) is 0 Å². The summed E-state index contributed by atoms with van der Waals surface area (Å²) in [6, 6.07) is 12.4. The van der Waals surface area contributed by atoms with Crippen LogP contribution in [-0.2, 0) is 10.0 Å². The zero-order valence-electron chi connectivity index (χ0n) is 17.8. The van der Waals surface area contributed by atoms with Crippen LogP contribution in [0.5, 0.6) is 0 Å². The molecule has 2 aromatic rings. The number of sulfonamides is 1. The van der Waals surface area contributed by atoms with Crippen LogP contribution in [0.4, 0.5) is 16.2 Å². The van der Waals surface area contributed by atoms with Crippen molar-refractivity contribution in [2.24, 2.45) is 0 Å². The first-order chi connectivity index (χ1) is 15.4. The monoisotopic (exact) mass is 456 g/mol. The van der Waals surface area contributed by atoms with E-state index >= 15 is 0 Å². The molecule has 0 spiro atoms. The summed E-state index contributed by atoms with van der Waals surface area (Å²) in [4.78, 5) is 26.8. The van der Waals surface area contributed by atoms with Crippen molar-refractivity contribution < 1.29 is 18.0 Å². The molecule has 1 aliphatic heterocycles. The van der Waals surface area contributed by atoms with Crippen molar-refractivity contribution in [2.45, 2.75) is 30.6 Å². The third-order valence-corrected chi connectivity index (χ3v) is 6.57. The summed E-state index contributed by atoms with van der Waals surface area (Å²) in [6.07, 6.45) is 5.81. The number of benzene rings is 2. The molecule has 0 unspecified atom stereocenters. The lowest BCUT2D eigenvalue weighted by Crippen LogP contribution is -2.35. The van der Waals surface area contributed by atoms with Crippen molar-refractivity contribution in [3.05, 3.63) is 66.7 Å². The Morgan fingerprint density at radius 2 is 1.44 bits per heavy atom. The number of hydrogen-bond donors (Lipinski definition) is 3. The molecule has 32 heavy (non-hydrogen) atoms. The summed E-state index contributed by atoms with van der Waals surface area (Å²) in [7, 11) is -3.64. The third-order valence-electron chi connectivity index (χ3n) is 5.13. The quantitative estimate of drug-likeness (QED) is 0.551. The predicted molar refractivity (Wildman–Crippen MR) is 125 cm³/mol. The SMILES string of the molecule is C=CCNS(=O)(=O)c1ccc(C(=O)Nc2ccc(NC(=O)N3CCCCCC3)cc2)cc1. The number of anilines is 2. The molecule has 0 radical (unpaired) electrons. The standard InChI is InChI=1S/C23H28N4O4S/c1-2-15-24-32(30,31)21-13-7-18(8-14-21)22(28)25-19-9-11-20(12-10-19)26-23(29)27-16-5-3-4-6-17-27/h2,7-14,24H,1,3-6,15-17H2,(H,25,28)(H,26,29). The average Bonchev–Trinajstić information content (AvgIpc) is 3.09. The van der Waals surface area contributed by atoms with Gasteiger partial charge in [-0.15, -0.1) is 6.58 Å². The van der Waals surface area contributed by atoms with E-state index < -0.39 is 10.0 Å². The summed E-state index contributed by atoms with van der Waals surface area (Å²) in [5.41, 5.74) is 1.54. The summed E-state index contributed by atoms with van der Waals surface area (Å²) >= 11 is 0. The van der Waals surface area contributed by atoms with Gasteiger partial charge in [-0.2, -0.15) is 0 Å². The van der Waals surface area contributed by atoms with Gasteiger partial charge >= 0.3 is 6.03 Å². The summed E-state index contributed by atoms with van der Waals surface area (Å²) in [5.74, 6) is -0.366. The molecule has 0 aromatic heterocycles. The third kappa shape index (κ3) is 6.41. The van der Waals surface area contributed by atoms with Crippen LogP contribution in [0.15, 0.2) is 66.1 Å². The highest BCUT2D eigenvalue weighted by molar-refractivity contribution is 7.89. The molecule has 0 saturated carbocycles. The second-order valence-electron chi connectivity index (χ2n) is 7.53. The molecule has 1 saturated heterocycles. The number of urea groups is 1. The van der Waals surface area contributed by atoms with E-state index in [1.807, 2.05) is 4.90 Å². The summed E-state index contributed by atoms with van der Waals surface area (Å²) in [6.45, 7) is 5.14.